The van der Waals surface area contributed by atoms with E-state index in [0.717, 1.165) is 22.0 Å². The molecule has 0 unspecified atom stereocenters. The second kappa shape index (κ2) is 7.66. The molecule has 0 aliphatic heterocycles. The highest BCUT2D eigenvalue weighted by atomic mass is 16.5. The van der Waals surface area contributed by atoms with Gasteiger partial charge in [0.15, 0.2) is 0 Å². The van der Waals surface area contributed by atoms with Crippen molar-refractivity contribution >= 4 is 22.8 Å². The predicted molar refractivity (Wildman–Crippen MR) is 96.0 cm³/mol. The van der Waals surface area contributed by atoms with Crippen molar-refractivity contribution < 1.29 is 14.3 Å². The molecule has 128 valence electrons. The van der Waals surface area contributed by atoms with Crippen molar-refractivity contribution in [3.8, 4) is 0 Å². The number of carbonyl (C=O) groups excluding carboxylic acids is 2. The zero-order valence-corrected chi connectivity index (χ0v) is 14.0. The van der Waals surface area contributed by atoms with E-state index in [-0.39, 0.29) is 24.7 Å². The Kier molecular flexibility index (Phi) is 5.14. The Bertz CT molecular complexity index is 871. The Hall–Kier alpha value is -3.08. The molecule has 1 aromatic heterocycles. The summed E-state index contributed by atoms with van der Waals surface area (Å²) >= 11 is 0. The SMILES string of the molecule is COC(=O)C[C@@H](NC(=O)Cc1c[nH]c2ccccc12)c1ccccc1. The molecule has 0 bridgehead atoms. The minimum Gasteiger partial charge on any atom is -0.469 e. The average Bonchev–Trinajstić information content (AvgIpc) is 3.04. The summed E-state index contributed by atoms with van der Waals surface area (Å²) in [6.07, 6.45) is 2.19. The lowest BCUT2D eigenvalue weighted by Crippen LogP contribution is -2.31. The van der Waals surface area contributed by atoms with Crippen LogP contribution in [0, 0.1) is 0 Å². The van der Waals surface area contributed by atoms with E-state index in [4.69, 9.17) is 4.74 Å². The van der Waals surface area contributed by atoms with Crippen LogP contribution >= 0.6 is 0 Å². The molecular formula is C20H20N2O3. The summed E-state index contributed by atoms with van der Waals surface area (Å²) in [4.78, 5) is 27.4. The number of aromatic amines is 1. The topological polar surface area (TPSA) is 71.2 Å². The summed E-state index contributed by atoms with van der Waals surface area (Å²) in [6, 6.07) is 16.9. The highest BCUT2D eigenvalue weighted by molar-refractivity contribution is 5.89. The highest BCUT2D eigenvalue weighted by Crippen LogP contribution is 2.20. The van der Waals surface area contributed by atoms with Gasteiger partial charge in [0, 0.05) is 17.1 Å². The second-order valence-corrected chi connectivity index (χ2v) is 5.85. The fraction of sp³-hybridized carbons (Fsp3) is 0.200. The van der Waals surface area contributed by atoms with Gasteiger partial charge in [0.05, 0.1) is 26.0 Å². The molecule has 3 rings (SSSR count). The Labute approximate surface area is 146 Å². The fourth-order valence-corrected chi connectivity index (χ4v) is 2.88. The van der Waals surface area contributed by atoms with Crippen molar-refractivity contribution in [3.05, 3.63) is 71.9 Å². The number of esters is 1. The molecule has 2 aromatic carbocycles. The van der Waals surface area contributed by atoms with Crippen LogP contribution in [0.5, 0.6) is 0 Å². The van der Waals surface area contributed by atoms with Crippen LogP contribution in [0.3, 0.4) is 0 Å². The van der Waals surface area contributed by atoms with Gasteiger partial charge in [-0.3, -0.25) is 9.59 Å². The third-order valence-electron chi connectivity index (χ3n) is 4.16. The Morgan fingerprint density at radius 3 is 2.56 bits per heavy atom. The quantitative estimate of drug-likeness (QED) is 0.679. The first-order chi connectivity index (χ1) is 12.2. The monoisotopic (exact) mass is 336 g/mol. The maximum atomic E-state index is 12.5. The van der Waals surface area contributed by atoms with Crippen LogP contribution in [0.15, 0.2) is 60.8 Å². The van der Waals surface area contributed by atoms with Crippen LogP contribution in [0.25, 0.3) is 10.9 Å². The van der Waals surface area contributed by atoms with Gasteiger partial charge in [-0.05, 0) is 17.2 Å². The smallest absolute Gasteiger partial charge is 0.307 e. The first-order valence-corrected chi connectivity index (χ1v) is 8.13. The van der Waals surface area contributed by atoms with Crippen LogP contribution in [0.1, 0.15) is 23.6 Å². The minimum atomic E-state index is -0.411. The molecule has 5 heteroatoms. The van der Waals surface area contributed by atoms with Crippen LogP contribution in [0.2, 0.25) is 0 Å². The number of methoxy groups -OCH3 is 1. The molecule has 0 saturated heterocycles. The lowest BCUT2D eigenvalue weighted by atomic mass is 10.0. The standard InChI is InChI=1S/C20H20N2O3/c1-25-20(24)12-18(14-7-3-2-4-8-14)22-19(23)11-15-13-21-17-10-6-5-9-16(15)17/h2-10,13,18,21H,11-12H2,1H3,(H,22,23)/t18-/m1/s1. The largest absolute Gasteiger partial charge is 0.469 e. The van der Waals surface area contributed by atoms with Crippen LogP contribution < -0.4 is 5.32 Å². The van der Waals surface area contributed by atoms with Crippen molar-refractivity contribution in [1.29, 1.82) is 0 Å². The lowest BCUT2D eigenvalue weighted by Gasteiger charge is -2.18. The van der Waals surface area contributed by atoms with E-state index in [1.807, 2.05) is 60.8 Å². The van der Waals surface area contributed by atoms with Gasteiger partial charge in [-0.2, -0.15) is 0 Å². The average molecular weight is 336 g/mol. The molecule has 25 heavy (non-hydrogen) atoms. The van der Waals surface area contributed by atoms with E-state index in [0.29, 0.717) is 0 Å². The van der Waals surface area contributed by atoms with Gasteiger partial charge in [-0.25, -0.2) is 0 Å². The van der Waals surface area contributed by atoms with Gasteiger partial charge in [0.1, 0.15) is 0 Å². The summed E-state index contributed by atoms with van der Waals surface area (Å²) in [7, 11) is 1.35. The van der Waals surface area contributed by atoms with Gasteiger partial charge in [-0.15, -0.1) is 0 Å². The van der Waals surface area contributed by atoms with Crippen molar-refractivity contribution in [1.82, 2.24) is 10.3 Å². The van der Waals surface area contributed by atoms with E-state index in [2.05, 4.69) is 10.3 Å². The number of aromatic nitrogens is 1. The first-order valence-electron chi connectivity index (χ1n) is 8.13. The maximum absolute atomic E-state index is 12.5. The van der Waals surface area contributed by atoms with E-state index < -0.39 is 6.04 Å². The summed E-state index contributed by atoms with van der Waals surface area (Å²) in [5.41, 5.74) is 2.80. The molecule has 3 aromatic rings. The molecule has 0 radical (unpaired) electrons. The van der Waals surface area contributed by atoms with Gasteiger partial charge in [-0.1, -0.05) is 48.5 Å². The number of amides is 1. The van der Waals surface area contributed by atoms with Crippen LogP contribution in [0.4, 0.5) is 0 Å². The van der Waals surface area contributed by atoms with E-state index >= 15 is 0 Å². The lowest BCUT2D eigenvalue weighted by molar-refractivity contribution is -0.141. The number of para-hydroxylation sites is 1. The van der Waals surface area contributed by atoms with Crippen LogP contribution in [-0.4, -0.2) is 24.0 Å². The number of hydrogen-bond donors (Lipinski definition) is 2. The molecule has 2 N–H and O–H groups in total. The summed E-state index contributed by atoms with van der Waals surface area (Å²) < 4.78 is 4.75. The number of rotatable bonds is 6. The third kappa shape index (κ3) is 4.07. The number of carbonyl (C=O) groups is 2. The van der Waals surface area contributed by atoms with E-state index in [1.165, 1.54) is 7.11 Å². The van der Waals surface area contributed by atoms with Crippen LogP contribution in [-0.2, 0) is 20.7 Å². The van der Waals surface area contributed by atoms with Gasteiger partial charge < -0.3 is 15.0 Å². The minimum absolute atomic E-state index is 0.0974. The van der Waals surface area contributed by atoms with Gasteiger partial charge in [0.2, 0.25) is 5.91 Å². The molecule has 0 spiro atoms. The van der Waals surface area contributed by atoms with Crippen molar-refractivity contribution in [2.24, 2.45) is 0 Å². The zero-order valence-electron chi connectivity index (χ0n) is 14.0. The summed E-state index contributed by atoms with van der Waals surface area (Å²) in [6.45, 7) is 0. The number of nitrogens with one attached hydrogen (secondary N) is 2. The number of hydrogen-bond acceptors (Lipinski definition) is 3. The maximum Gasteiger partial charge on any atom is 0.307 e. The Balaban J connectivity index is 1.74. The molecule has 0 saturated carbocycles. The zero-order chi connectivity index (χ0) is 17.6. The van der Waals surface area contributed by atoms with Gasteiger partial charge >= 0.3 is 5.97 Å². The first kappa shape index (κ1) is 16.8. The Morgan fingerprint density at radius 2 is 1.80 bits per heavy atom. The number of fused-ring (bicyclic) bond motifs is 1. The third-order valence-corrected chi connectivity index (χ3v) is 4.16. The molecule has 1 heterocycles. The highest BCUT2D eigenvalue weighted by Gasteiger charge is 2.19. The predicted octanol–water partition coefficient (Wildman–Crippen LogP) is 3.13. The number of benzene rings is 2. The van der Waals surface area contributed by atoms with Gasteiger partial charge in [0.25, 0.3) is 0 Å². The molecule has 0 aliphatic carbocycles. The van der Waals surface area contributed by atoms with Crippen molar-refractivity contribution in [2.45, 2.75) is 18.9 Å². The summed E-state index contributed by atoms with van der Waals surface area (Å²) in [5, 5.41) is 3.98. The van der Waals surface area contributed by atoms with E-state index in [1.54, 1.807) is 0 Å². The fourth-order valence-electron chi connectivity index (χ4n) is 2.88. The van der Waals surface area contributed by atoms with Crippen molar-refractivity contribution in [3.63, 3.8) is 0 Å². The molecule has 1 amide bonds. The second-order valence-electron chi connectivity index (χ2n) is 5.85. The number of ether oxygens (including phenoxy) is 1. The number of H-pyrrole nitrogens is 1. The molecule has 1 atom stereocenters. The summed E-state index contributed by atoms with van der Waals surface area (Å²) in [5.74, 6) is -0.497. The molecule has 0 aliphatic rings. The molecule has 5 nitrogen and oxygen atoms in total. The molecule has 0 fully saturated rings. The normalized spacial score (nSPS) is 11.9. The Morgan fingerprint density at radius 1 is 1.08 bits per heavy atom. The van der Waals surface area contributed by atoms with E-state index in [9.17, 15) is 9.59 Å². The molecular weight excluding hydrogens is 316 g/mol. The van der Waals surface area contributed by atoms with Crippen molar-refractivity contribution in [2.75, 3.05) is 7.11 Å².